The fourth-order valence-corrected chi connectivity index (χ4v) is 1.18. The molecule has 0 amide bonds. The van der Waals surface area contributed by atoms with Crippen LogP contribution in [-0.4, -0.2) is 35.1 Å². The van der Waals surface area contributed by atoms with Gasteiger partial charge in [-0.05, 0) is 13.3 Å². The number of unbranched alkanes of at least 4 members (excludes halogenated alkanes) is 1. The van der Waals surface area contributed by atoms with Crippen LogP contribution in [0.3, 0.4) is 0 Å². The largest absolute Gasteiger partial charge is 0.357 e. The topological polar surface area (TPSA) is 74.8 Å². The molecule has 0 aromatic carbocycles. The summed E-state index contributed by atoms with van der Waals surface area (Å²) in [5.41, 5.74) is 0. The molecule has 1 rings (SSSR count). The highest BCUT2D eigenvalue weighted by Crippen LogP contribution is 2.08. The van der Waals surface area contributed by atoms with Crippen molar-refractivity contribution in [2.24, 2.45) is 0 Å². The summed E-state index contributed by atoms with van der Waals surface area (Å²) in [6.45, 7) is 5.84. The lowest BCUT2D eigenvalue weighted by molar-refractivity contribution is 0.824. The highest BCUT2D eigenvalue weighted by atomic mass is 15.3. The molecule has 1 aromatic heterocycles. The minimum absolute atomic E-state index is 0.574. The molecule has 0 fully saturated rings. The molecule has 0 atom stereocenters. The van der Waals surface area contributed by atoms with Gasteiger partial charge >= 0.3 is 0 Å². The highest BCUT2D eigenvalue weighted by Gasteiger charge is 2.03. The van der Waals surface area contributed by atoms with E-state index in [4.69, 9.17) is 0 Å². The van der Waals surface area contributed by atoms with Crippen LogP contribution in [0.15, 0.2) is 0 Å². The maximum atomic E-state index is 4.26. The SMILES string of the molecule is CCCCNc1nc(NC)nc(NCC)n1. The molecule has 0 aliphatic carbocycles. The van der Waals surface area contributed by atoms with Gasteiger partial charge in [0.2, 0.25) is 17.8 Å². The van der Waals surface area contributed by atoms with E-state index in [1.807, 2.05) is 6.92 Å². The van der Waals surface area contributed by atoms with E-state index in [0.717, 1.165) is 25.9 Å². The predicted octanol–water partition coefficient (Wildman–Crippen LogP) is 1.56. The van der Waals surface area contributed by atoms with Crippen molar-refractivity contribution < 1.29 is 0 Å². The monoisotopic (exact) mass is 224 g/mol. The lowest BCUT2D eigenvalue weighted by atomic mass is 10.3. The highest BCUT2D eigenvalue weighted by molar-refractivity contribution is 5.41. The number of hydrogen-bond donors (Lipinski definition) is 3. The third-order valence-corrected chi connectivity index (χ3v) is 2.01. The first-order chi connectivity index (χ1) is 7.80. The lowest BCUT2D eigenvalue weighted by Gasteiger charge is -2.08. The standard InChI is InChI=1S/C10H20N6/c1-4-6-7-13-10-15-8(11-3)14-9(16-10)12-5-2/h4-7H2,1-3H3,(H3,11,12,13,14,15,16). The third kappa shape index (κ3) is 3.88. The van der Waals surface area contributed by atoms with Gasteiger partial charge in [-0.15, -0.1) is 0 Å². The minimum atomic E-state index is 0.574. The Morgan fingerprint density at radius 1 is 0.938 bits per heavy atom. The number of rotatable bonds is 7. The van der Waals surface area contributed by atoms with E-state index in [2.05, 4.69) is 37.8 Å². The number of nitrogens with one attached hydrogen (secondary N) is 3. The van der Waals surface area contributed by atoms with Gasteiger partial charge in [0.1, 0.15) is 0 Å². The summed E-state index contributed by atoms with van der Waals surface area (Å²) < 4.78 is 0. The van der Waals surface area contributed by atoms with Crippen molar-refractivity contribution in [3.8, 4) is 0 Å². The van der Waals surface area contributed by atoms with Crippen LogP contribution in [0.2, 0.25) is 0 Å². The van der Waals surface area contributed by atoms with Gasteiger partial charge < -0.3 is 16.0 Å². The summed E-state index contributed by atoms with van der Waals surface area (Å²) >= 11 is 0. The number of nitrogens with zero attached hydrogens (tertiary/aromatic N) is 3. The molecule has 1 heterocycles. The van der Waals surface area contributed by atoms with Crippen LogP contribution in [0.25, 0.3) is 0 Å². The van der Waals surface area contributed by atoms with Gasteiger partial charge in [-0.2, -0.15) is 15.0 Å². The summed E-state index contributed by atoms with van der Waals surface area (Å²) in [6.07, 6.45) is 2.26. The fraction of sp³-hybridized carbons (Fsp3) is 0.700. The number of hydrogen-bond acceptors (Lipinski definition) is 6. The second-order valence-electron chi connectivity index (χ2n) is 3.37. The molecule has 0 bridgehead atoms. The Balaban J connectivity index is 2.69. The van der Waals surface area contributed by atoms with Crippen LogP contribution in [0.4, 0.5) is 17.8 Å². The molecule has 0 radical (unpaired) electrons. The summed E-state index contributed by atoms with van der Waals surface area (Å²) in [5.74, 6) is 1.79. The first-order valence-corrected chi connectivity index (χ1v) is 5.71. The zero-order chi connectivity index (χ0) is 11.8. The Morgan fingerprint density at radius 3 is 2.12 bits per heavy atom. The normalized spacial score (nSPS) is 9.94. The maximum Gasteiger partial charge on any atom is 0.229 e. The third-order valence-electron chi connectivity index (χ3n) is 2.01. The number of anilines is 3. The van der Waals surface area contributed by atoms with Crippen molar-refractivity contribution in [2.45, 2.75) is 26.7 Å². The molecule has 0 unspecified atom stereocenters. The zero-order valence-corrected chi connectivity index (χ0v) is 10.2. The molecule has 6 nitrogen and oxygen atoms in total. The van der Waals surface area contributed by atoms with E-state index in [1.54, 1.807) is 7.05 Å². The molecule has 6 heteroatoms. The smallest absolute Gasteiger partial charge is 0.229 e. The molecular formula is C10H20N6. The molecular weight excluding hydrogens is 204 g/mol. The van der Waals surface area contributed by atoms with E-state index in [1.165, 1.54) is 0 Å². The van der Waals surface area contributed by atoms with Gasteiger partial charge in [-0.25, -0.2) is 0 Å². The van der Waals surface area contributed by atoms with E-state index < -0.39 is 0 Å². The Labute approximate surface area is 96.3 Å². The summed E-state index contributed by atoms with van der Waals surface area (Å²) in [4.78, 5) is 12.7. The lowest BCUT2D eigenvalue weighted by Crippen LogP contribution is -2.11. The average Bonchev–Trinajstić information content (AvgIpc) is 2.29. The van der Waals surface area contributed by atoms with Gasteiger partial charge in [-0.1, -0.05) is 13.3 Å². The minimum Gasteiger partial charge on any atom is -0.357 e. The van der Waals surface area contributed by atoms with Crippen molar-refractivity contribution in [1.82, 2.24) is 15.0 Å². The molecule has 0 saturated heterocycles. The van der Waals surface area contributed by atoms with Crippen molar-refractivity contribution in [3.05, 3.63) is 0 Å². The molecule has 90 valence electrons. The molecule has 16 heavy (non-hydrogen) atoms. The molecule has 0 aliphatic rings. The Kier molecular flexibility index (Phi) is 5.31. The first-order valence-electron chi connectivity index (χ1n) is 5.71. The van der Waals surface area contributed by atoms with Gasteiger partial charge in [0.25, 0.3) is 0 Å². The molecule has 3 N–H and O–H groups in total. The predicted molar refractivity (Wildman–Crippen MR) is 66.9 cm³/mol. The molecule has 0 spiro atoms. The van der Waals surface area contributed by atoms with Crippen molar-refractivity contribution >= 4 is 17.8 Å². The van der Waals surface area contributed by atoms with Gasteiger partial charge in [0.15, 0.2) is 0 Å². The van der Waals surface area contributed by atoms with Crippen molar-refractivity contribution in [1.29, 1.82) is 0 Å². The fourth-order valence-electron chi connectivity index (χ4n) is 1.18. The van der Waals surface area contributed by atoms with Crippen LogP contribution in [-0.2, 0) is 0 Å². The van der Waals surface area contributed by atoms with E-state index in [0.29, 0.717) is 17.8 Å². The Morgan fingerprint density at radius 2 is 1.56 bits per heavy atom. The maximum absolute atomic E-state index is 4.26. The first kappa shape index (κ1) is 12.5. The summed E-state index contributed by atoms with van der Waals surface area (Å²) in [5, 5.41) is 9.16. The molecule has 0 saturated carbocycles. The molecule has 1 aromatic rings. The Bertz CT molecular complexity index is 314. The van der Waals surface area contributed by atoms with Gasteiger partial charge in [-0.3, -0.25) is 0 Å². The quantitative estimate of drug-likeness (QED) is 0.610. The van der Waals surface area contributed by atoms with Crippen LogP contribution in [0.5, 0.6) is 0 Å². The number of aromatic nitrogens is 3. The zero-order valence-electron chi connectivity index (χ0n) is 10.2. The second kappa shape index (κ2) is 6.81. The van der Waals surface area contributed by atoms with Crippen LogP contribution < -0.4 is 16.0 Å². The van der Waals surface area contributed by atoms with E-state index >= 15 is 0 Å². The van der Waals surface area contributed by atoms with Gasteiger partial charge in [0, 0.05) is 20.1 Å². The van der Waals surface area contributed by atoms with Crippen molar-refractivity contribution in [2.75, 3.05) is 36.1 Å². The summed E-state index contributed by atoms with van der Waals surface area (Å²) in [6, 6.07) is 0. The van der Waals surface area contributed by atoms with Crippen LogP contribution in [0.1, 0.15) is 26.7 Å². The van der Waals surface area contributed by atoms with Crippen LogP contribution >= 0.6 is 0 Å². The van der Waals surface area contributed by atoms with E-state index in [9.17, 15) is 0 Å². The van der Waals surface area contributed by atoms with Crippen LogP contribution in [0, 0.1) is 0 Å². The second-order valence-corrected chi connectivity index (χ2v) is 3.37. The van der Waals surface area contributed by atoms with Crippen molar-refractivity contribution in [3.63, 3.8) is 0 Å². The van der Waals surface area contributed by atoms with Gasteiger partial charge in [0.05, 0.1) is 0 Å². The Hall–Kier alpha value is -1.59. The average molecular weight is 224 g/mol. The van der Waals surface area contributed by atoms with E-state index in [-0.39, 0.29) is 0 Å². The molecule has 0 aliphatic heterocycles. The summed E-state index contributed by atoms with van der Waals surface area (Å²) in [7, 11) is 1.79.